The summed E-state index contributed by atoms with van der Waals surface area (Å²) in [6, 6.07) is 15.2. The van der Waals surface area contributed by atoms with Crippen molar-refractivity contribution in [3.63, 3.8) is 0 Å². The summed E-state index contributed by atoms with van der Waals surface area (Å²) >= 11 is 0. The fraction of sp³-hybridized carbons (Fsp3) is 0.429. The number of anilines is 1. The van der Waals surface area contributed by atoms with Crippen LogP contribution in [0.25, 0.3) is 0 Å². The number of hydrogen-bond donors (Lipinski definition) is 0. The van der Waals surface area contributed by atoms with Crippen LogP contribution in [0.4, 0.5) is 5.69 Å². The summed E-state index contributed by atoms with van der Waals surface area (Å²) in [5, 5.41) is 0. The lowest BCUT2D eigenvalue weighted by atomic mass is 9.87. The van der Waals surface area contributed by atoms with Crippen molar-refractivity contribution in [1.29, 1.82) is 0 Å². The number of nitrogens with zero attached hydrogens (tertiary/aromatic N) is 2. The minimum atomic E-state index is -3.46. The van der Waals surface area contributed by atoms with Crippen LogP contribution in [0.15, 0.2) is 53.4 Å². The highest BCUT2D eigenvalue weighted by molar-refractivity contribution is 7.89. The van der Waals surface area contributed by atoms with E-state index in [2.05, 4.69) is 25.7 Å². The van der Waals surface area contributed by atoms with Crippen LogP contribution in [-0.4, -0.2) is 46.0 Å². The number of piperazine rings is 1. The molecule has 2 aromatic rings. The maximum atomic E-state index is 13.0. The number of methoxy groups -OCH3 is 1. The first-order chi connectivity index (χ1) is 12.7. The van der Waals surface area contributed by atoms with Crippen LogP contribution in [0.5, 0.6) is 5.75 Å². The zero-order valence-corrected chi connectivity index (χ0v) is 17.3. The van der Waals surface area contributed by atoms with Crippen LogP contribution < -0.4 is 9.64 Å². The van der Waals surface area contributed by atoms with E-state index in [4.69, 9.17) is 4.74 Å². The third kappa shape index (κ3) is 4.28. The van der Waals surface area contributed by atoms with E-state index in [0.717, 1.165) is 17.0 Å². The first kappa shape index (κ1) is 19.7. The number of rotatable bonds is 4. The van der Waals surface area contributed by atoms with Gasteiger partial charge in [0.25, 0.3) is 0 Å². The first-order valence-electron chi connectivity index (χ1n) is 9.21. The highest BCUT2D eigenvalue weighted by atomic mass is 32.2. The Kier molecular flexibility index (Phi) is 5.49. The lowest BCUT2D eigenvalue weighted by Crippen LogP contribution is -2.48. The Morgan fingerprint density at radius 1 is 0.926 bits per heavy atom. The van der Waals surface area contributed by atoms with Crippen LogP contribution in [0, 0.1) is 0 Å². The van der Waals surface area contributed by atoms with Gasteiger partial charge in [-0.15, -0.1) is 0 Å². The monoisotopic (exact) mass is 388 g/mol. The van der Waals surface area contributed by atoms with Gasteiger partial charge in [0.05, 0.1) is 12.0 Å². The van der Waals surface area contributed by atoms with Crippen LogP contribution in [0.2, 0.25) is 0 Å². The van der Waals surface area contributed by atoms with E-state index in [0.29, 0.717) is 31.1 Å². The van der Waals surface area contributed by atoms with Gasteiger partial charge in [0.15, 0.2) is 0 Å². The van der Waals surface area contributed by atoms with Crippen LogP contribution >= 0.6 is 0 Å². The molecule has 146 valence electrons. The lowest BCUT2D eigenvalue weighted by Gasteiger charge is -2.35. The average Bonchev–Trinajstić information content (AvgIpc) is 2.67. The molecule has 0 saturated carbocycles. The van der Waals surface area contributed by atoms with Crippen molar-refractivity contribution in [3.8, 4) is 5.75 Å². The second-order valence-corrected chi connectivity index (χ2v) is 9.80. The van der Waals surface area contributed by atoms with E-state index in [1.807, 2.05) is 36.4 Å². The highest BCUT2D eigenvalue weighted by Gasteiger charge is 2.29. The second kappa shape index (κ2) is 7.52. The maximum Gasteiger partial charge on any atom is 0.243 e. The zero-order valence-electron chi connectivity index (χ0n) is 16.5. The molecule has 0 spiro atoms. The van der Waals surface area contributed by atoms with Crippen molar-refractivity contribution in [2.24, 2.45) is 0 Å². The van der Waals surface area contributed by atoms with E-state index in [-0.39, 0.29) is 5.41 Å². The lowest BCUT2D eigenvalue weighted by molar-refractivity contribution is 0.384. The molecule has 0 unspecified atom stereocenters. The first-order valence-corrected chi connectivity index (χ1v) is 10.7. The zero-order chi connectivity index (χ0) is 19.7. The molecular formula is C21H28N2O3S. The molecule has 0 radical (unpaired) electrons. The Morgan fingerprint density at radius 3 is 2.11 bits per heavy atom. The van der Waals surface area contributed by atoms with Gasteiger partial charge in [-0.2, -0.15) is 4.31 Å². The molecule has 0 amide bonds. The number of hydrogen-bond acceptors (Lipinski definition) is 4. The van der Waals surface area contributed by atoms with Crippen molar-refractivity contribution in [3.05, 3.63) is 54.1 Å². The second-order valence-electron chi connectivity index (χ2n) is 7.87. The average molecular weight is 389 g/mol. The third-order valence-corrected chi connectivity index (χ3v) is 6.93. The molecule has 27 heavy (non-hydrogen) atoms. The third-order valence-electron chi connectivity index (χ3n) is 5.02. The standard InChI is InChI=1S/C21H28N2O3S/c1-21(2,3)17-8-10-20(11-9-17)27(24,25)23-14-12-22(13-15-23)18-6-5-7-19(16-18)26-4/h5-11,16H,12-15H2,1-4H3. The van der Waals surface area contributed by atoms with E-state index in [1.54, 1.807) is 23.5 Å². The molecule has 1 heterocycles. The van der Waals surface area contributed by atoms with Crippen molar-refractivity contribution in [2.75, 3.05) is 38.2 Å². The van der Waals surface area contributed by atoms with Gasteiger partial charge in [-0.3, -0.25) is 0 Å². The molecule has 0 aromatic heterocycles. The largest absolute Gasteiger partial charge is 0.497 e. The Labute approximate surface area is 162 Å². The minimum absolute atomic E-state index is 0.00462. The molecule has 6 heteroatoms. The number of sulfonamides is 1. The van der Waals surface area contributed by atoms with Gasteiger partial charge in [-0.05, 0) is 35.2 Å². The van der Waals surface area contributed by atoms with E-state index in [9.17, 15) is 8.42 Å². The van der Waals surface area contributed by atoms with Gasteiger partial charge in [0, 0.05) is 37.9 Å². The van der Waals surface area contributed by atoms with E-state index < -0.39 is 10.0 Å². The Bertz CT molecular complexity index is 878. The van der Waals surface area contributed by atoms with Crippen LogP contribution in [0.3, 0.4) is 0 Å². The number of ether oxygens (including phenoxy) is 1. The summed E-state index contributed by atoms with van der Waals surface area (Å²) in [6.45, 7) is 8.62. The van der Waals surface area contributed by atoms with Gasteiger partial charge in [-0.25, -0.2) is 8.42 Å². The smallest absolute Gasteiger partial charge is 0.243 e. The van der Waals surface area contributed by atoms with Crippen molar-refractivity contribution in [1.82, 2.24) is 4.31 Å². The molecule has 1 aliphatic rings. The highest BCUT2D eigenvalue weighted by Crippen LogP contribution is 2.26. The summed E-state index contributed by atoms with van der Waals surface area (Å²) in [4.78, 5) is 2.56. The van der Waals surface area contributed by atoms with Gasteiger partial charge < -0.3 is 9.64 Å². The molecule has 0 bridgehead atoms. The summed E-state index contributed by atoms with van der Waals surface area (Å²) in [5.41, 5.74) is 2.19. The molecule has 0 atom stereocenters. The molecule has 0 N–H and O–H groups in total. The summed E-state index contributed by atoms with van der Waals surface area (Å²) in [5.74, 6) is 0.807. The Balaban J connectivity index is 1.71. The molecule has 3 rings (SSSR count). The topological polar surface area (TPSA) is 49.9 Å². The minimum Gasteiger partial charge on any atom is -0.497 e. The van der Waals surface area contributed by atoms with Crippen molar-refractivity contribution in [2.45, 2.75) is 31.1 Å². The maximum absolute atomic E-state index is 13.0. The van der Waals surface area contributed by atoms with Crippen LogP contribution in [0.1, 0.15) is 26.3 Å². The SMILES string of the molecule is COc1cccc(N2CCN(S(=O)(=O)c3ccc(C(C)(C)C)cc3)CC2)c1. The fourth-order valence-corrected chi connectivity index (χ4v) is 4.69. The summed E-state index contributed by atoms with van der Waals surface area (Å²) in [6.07, 6.45) is 0. The van der Waals surface area contributed by atoms with Gasteiger partial charge in [0.2, 0.25) is 10.0 Å². The fourth-order valence-electron chi connectivity index (χ4n) is 3.27. The number of benzene rings is 2. The predicted molar refractivity (Wildman–Crippen MR) is 109 cm³/mol. The molecular weight excluding hydrogens is 360 g/mol. The van der Waals surface area contributed by atoms with Crippen molar-refractivity contribution >= 4 is 15.7 Å². The molecule has 1 aliphatic heterocycles. The predicted octanol–water partition coefficient (Wildman–Crippen LogP) is 3.50. The Morgan fingerprint density at radius 2 is 1.56 bits per heavy atom. The molecule has 1 fully saturated rings. The van der Waals surface area contributed by atoms with Gasteiger partial charge >= 0.3 is 0 Å². The van der Waals surface area contributed by atoms with Gasteiger partial charge in [-0.1, -0.05) is 39.0 Å². The normalized spacial score (nSPS) is 16.4. The van der Waals surface area contributed by atoms with E-state index >= 15 is 0 Å². The Hall–Kier alpha value is -2.05. The molecule has 2 aromatic carbocycles. The molecule has 0 aliphatic carbocycles. The molecule has 1 saturated heterocycles. The van der Waals surface area contributed by atoms with E-state index in [1.165, 1.54) is 0 Å². The summed E-state index contributed by atoms with van der Waals surface area (Å²) in [7, 11) is -1.81. The van der Waals surface area contributed by atoms with Gasteiger partial charge in [0.1, 0.15) is 5.75 Å². The summed E-state index contributed by atoms with van der Waals surface area (Å²) < 4.78 is 32.8. The quantitative estimate of drug-likeness (QED) is 0.804. The van der Waals surface area contributed by atoms with Crippen molar-refractivity contribution < 1.29 is 13.2 Å². The molecule has 5 nitrogen and oxygen atoms in total. The van der Waals surface area contributed by atoms with Crippen LogP contribution in [-0.2, 0) is 15.4 Å².